The molecule has 0 bridgehead atoms. The van der Waals surface area contributed by atoms with Crippen LogP contribution in [0.2, 0.25) is 0 Å². The molecule has 2 amide bonds. The molecule has 0 spiro atoms. The van der Waals surface area contributed by atoms with Crippen LogP contribution in [0.3, 0.4) is 0 Å². The Labute approximate surface area is 174 Å². The van der Waals surface area contributed by atoms with Crippen molar-refractivity contribution in [2.24, 2.45) is 5.92 Å². The molecule has 0 radical (unpaired) electrons. The van der Waals surface area contributed by atoms with E-state index < -0.39 is 0 Å². The monoisotopic (exact) mass is 399 g/mol. The third-order valence-electron chi connectivity index (χ3n) is 5.39. The first kappa shape index (κ1) is 22.9. The zero-order chi connectivity index (χ0) is 21.4. The summed E-state index contributed by atoms with van der Waals surface area (Å²) in [6.45, 7) is 12.6. The van der Waals surface area contributed by atoms with Gasteiger partial charge in [0, 0.05) is 45.0 Å². The fourth-order valence-corrected chi connectivity index (χ4v) is 3.57. The molecule has 1 heterocycles. The summed E-state index contributed by atoms with van der Waals surface area (Å²) in [5.74, 6) is -0.100. The molecule has 1 aliphatic heterocycles. The molecule has 29 heavy (non-hydrogen) atoms. The summed E-state index contributed by atoms with van der Waals surface area (Å²) in [5, 5.41) is 12.0. The van der Waals surface area contributed by atoms with Crippen molar-refractivity contribution < 1.29 is 9.59 Å². The molecular weight excluding hydrogens is 366 g/mol. The van der Waals surface area contributed by atoms with E-state index in [4.69, 9.17) is 5.26 Å². The summed E-state index contributed by atoms with van der Waals surface area (Å²) >= 11 is 0. The van der Waals surface area contributed by atoms with Crippen molar-refractivity contribution in [2.75, 3.05) is 57.7 Å². The lowest BCUT2D eigenvalue weighted by atomic mass is 10.1. The van der Waals surface area contributed by atoms with Gasteiger partial charge >= 0.3 is 0 Å². The van der Waals surface area contributed by atoms with Crippen molar-refractivity contribution in [2.45, 2.75) is 27.7 Å². The number of aryl methyl sites for hydroxylation is 2. The fraction of sp³-hybridized carbons (Fsp3) is 0.591. The van der Waals surface area contributed by atoms with Gasteiger partial charge < -0.3 is 10.2 Å². The lowest BCUT2D eigenvalue weighted by Crippen LogP contribution is -2.51. The van der Waals surface area contributed by atoms with E-state index in [1.165, 1.54) is 0 Å². The first-order valence-electron chi connectivity index (χ1n) is 10.3. The molecule has 1 N–H and O–H groups in total. The SMILES string of the molecule is CCN(CC(C)C#N)C(=O)CN1CCN(CC(=O)Nc2c(C)cccc2C)CC1. The molecular formula is C22H33N5O2. The summed E-state index contributed by atoms with van der Waals surface area (Å²) in [7, 11) is 0. The predicted octanol–water partition coefficient (Wildman–Crippen LogP) is 1.87. The zero-order valence-electron chi connectivity index (χ0n) is 18.1. The highest BCUT2D eigenvalue weighted by Crippen LogP contribution is 2.19. The second-order valence-electron chi connectivity index (χ2n) is 7.83. The zero-order valence-corrected chi connectivity index (χ0v) is 18.1. The van der Waals surface area contributed by atoms with Gasteiger partial charge in [0.1, 0.15) is 0 Å². The Hall–Kier alpha value is -2.43. The van der Waals surface area contributed by atoms with Gasteiger partial charge in [0.2, 0.25) is 11.8 Å². The third kappa shape index (κ3) is 6.84. The Morgan fingerprint density at radius 3 is 2.21 bits per heavy atom. The Bertz CT molecular complexity index is 730. The Morgan fingerprint density at radius 2 is 1.69 bits per heavy atom. The number of nitrogens with one attached hydrogen (secondary N) is 1. The maximum atomic E-state index is 12.5. The molecule has 0 aliphatic carbocycles. The topological polar surface area (TPSA) is 79.7 Å². The number of para-hydroxylation sites is 1. The van der Waals surface area contributed by atoms with E-state index in [2.05, 4.69) is 21.2 Å². The molecule has 0 saturated carbocycles. The average Bonchev–Trinajstić information content (AvgIpc) is 2.70. The minimum absolute atomic E-state index is 0.00502. The Morgan fingerprint density at radius 1 is 1.14 bits per heavy atom. The quantitative estimate of drug-likeness (QED) is 0.722. The van der Waals surface area contributed by atoms with Crippen molar-refractivity contribution in [3.63, 3.8) is 0 Å². The molecule has 1 fully saturated rings. The van der Waals surface area contributed by atoms with Crippen molar-refractivity contribution in [1.29, 1.82) is 5.26 Å². The number of hydrogen-bond acceptors (Lipinski definition) is 5. The van der Waals surface area contributed by atoms with Gasteiger partial charge in [-0.1, -0.05) is 18.2 Å². The van der Waals surface area contributed by atoms with E-state index >= 15 is 0 Å². The second kappa shape index (κ2) is 10.9. The van der Waals surface area contributed by atoms with Crippen LogP contribution in [0.1, 0.15) is 25.0 Å². The lowest BCUT2D eigenvalue weighted by Gasteiger charge is -2.35. The highest BCUT2D eigenvalue weighted by molar-refractivity contribution is 5.93. The van der Waals surface area contributed by atoms with Gasteiger partial charge in [-0.05, 0) is 38.8 Å². The largest absolute Gasteiger partial charge is 0.341 e. The van der Waals surface area contributed by atoms with Gasteiger partial charge in [-0.3, -0.25) is 19.4 Å². The van der Waals surface area contributed by atoms with E-state index in [1.54, 1.807) is 4.90 Å². The van der Waals surface area contributed by atoms with Crippen LogP contribution in [-0.4, -0.2) is 78.9 Å². The van der Waals surface area contributed by atoms with E-state index in [0.717, 1.165) is 43.0 Å². The van der Waals surface area contributed by atoms with Crippen LogP contribution >= 0.6 is 0 Å². The van der Waals surface area contributed by atoms with Crippen molar-refractivity contribution in [3.8, 4) is 6.07 Å². The van der Waals surface area contributed by atoms with Gasteiger partial charge in [-0.2, -0.15) is 5.26 Å². The van der Waals surface area contributed by atoms with E-state index in [-0.39, 0.29) is 17.7 Å². The highest BCUT2D eigenvalue weighted by atomic mass is 16.2. The predicted molar refractivity (Wildman–Crippen MR) is 114 cm³/mol. The van der Waals surface area contributed by atoms with Crippen molar-refractivity contribution in [1.82, 2.24) is 14.7 Å². The van der Waals surface area contributed by atoms with Crippen molar-refractivity contribution in [3.05, 3.63) is 29.3 Å². The smallest absolute Gasteiger partial charge is 0.238 e. The number of nitrogens with zero attached hydrogens (tertiary/aromatic N) is 4. The van der Waals surface area contributed by atoms with Crippen LogP contribution in [0, 0.1) is 31.1 Å². The molecule has 0 aromatic heterocycles. The van der Waals surface area contributed by atoms with Crippen LogP contribution in [0.4, 0.5) is 5.69 Å². The van der Waals surface area contributed by atoms with Gasteiger partial charge in [0.25, 0.3) is 0 Å². The number of rotatable bonds is 8. The van der Waals surface area contributed by atoms with Crippen LogP contribution in [0.5, 0.6) is 0 Å². The third-order valence-corrected chi connectivity index (χ3v) is 5.39. The number of nitriles is 1. The number of benzene rings is 1. The fourth-order valence-electron chi connectivity index (χ4n) is 3.57. The molecule has 2 rings (SSSR count). The van der Waals surface area contributed by atoms with Gasteiger partial charge in [0.15, 0.2) is 0 Å². The summed E-state index contributed by atoms with van der Waals surface area (Å²) in [6.07, 6.45) is 0. The number of hydrogen-bond donors (Lipinski definition) is 1. The molecule has 158 valence electrons. The molecule has 7 heteroatoms. The molecule has 1 aliphatic rings. The van der Waals surface area contributed by atoms with Gasteiger partial charge in [0.05, 0.1) is 25.1 Å². The number of amides is 2. The van der Waals surface area contributed by atoms with Crippen LogP contribution < -0.4 is 5.32 Å². The molecule has 7 nitrogen and oxygen atoms in total. The maximum Gasteiger partial charge on any atom is 0.238 e. The van der Waals surface area contributed by atoms with Crippen molar-refractivity contribution >= 4 is 17.5 Å². The summed E-state index contributed by atoms with van der Waals surface area (Å²) in [4.78, 5) is 31.0. The normalized spacial score (nSPS) is 16.1. The lowest BCUT2D eigenvalue weighted by molar-refractivity contribution is -0.133. The van der Waals surface area contributed by atoms with Crippen LogP contribution in [0.15, 0.2) is 18.2 Å². The standard InChI is InChI=1S/C22H33N5O2/c1-5-27(14-17(2)13-23)21(29)16-26-11-9-25(10-12-26)15-20(28)24-22-18(3)7-6-8-19(22)4/h6-8,17H,5,9-12,14-16H2,1-4H3,(H,24,28). The summed E-state index contributed by atoms with van der Waals surface area (Å²) in [5.41, 5.74) is 3.02. The first-order valence-corrected chi connectivity index (χ1v) is 10.3. The van der Waals surface area contributed by atoms with Gasteiger partial charge in [-0.15, -0.1) is 0 Å². The molecule has 1 atom stereocenters. The van der Waals surface area contributed by atoms with Crippen LogP contribution in [0.25, 0.3) is 0 Å². The number of piperazine rings is 1. The average molecular weight is 400 g/mol. The number of carbonyl (C=O) groups is 2. The van der Waals surface area contributed by atoms with E-state index in [1.807, 2.05) is 45.9 Å². The first-order chi connectivity index (χ1) is 13.8. The van der Waals surface area contributed by atoms with Gasteiger partial charge in [-0.25, -0.2) is 0 Å². The number of carbonyl (C=O) groups excluding carboxylic acids is 2. The number of anilines is 1. The second-order valence-corrected chi connectivity index (χ2v) is 7.83. The molecule has 1 aromatic rings. The van der Waals surface area contributed by atoms with Crippen LogP contribution in [-0.2, 0) is 9.59 Å². The summed E-state index contributed by atoms with van der Waals surface area (Å²) < 4.78 is 0. The minimum atomic E-state index is -0.161. The molecule has 1 saturated heterocycles. The highest BCUT2D eigenvalue weighted by Gasteiger charge is 2.23. The Balaban J connectivity index is 1.78. The maximum absolute atomic E-state index is 12.5. The Kier molecular flexibility index (Phi) is 8.62. The molecule has 1 unspecified atom stereocenters. The molecule has 1 aromatic carbocycles. The summed E-state index contributed by atoms with van der Waals surface area (Å²) in [6, 6.07) is 8.16. The van der Waals surface area contributed by atoms with E-state index in [9.17, 15) is 9.59 Å². The minimum Gasteiger partial charge on any atom is -0.341 e. The van der Waals surface area contributed by atoms with E-state index in [0.29, 0.717) is 26.2 Å². The number of likely N-dealkylation sites (N-methyl/N-ethyl adjacent to an activating group) is 1.